The van der Waals surface area contributed by atoms with Gasteiger partial charge >= 0.3 is 0 Å². The molecule has 1 aromatic heterocycles. The second kappa shape index (κ2) is 3.96. The van der Waals surface area contributed by atoms with E-state index in [4.69, 9.17) is 4.42 Å². The molecule has 0 bridgehead atoms. The van der Waals surface area contributed by atoms with Gasteiger partial charge in [0.1, 0.15) is 11.4 Å². The van der Waals surface area contributed by atoms with Crippen molar-refractivity contribution in [3.05, 3.63) is 35.8 Å². The predicted molar refractivity (Wildman–Crippen MR) is 61.5 cm³/mol. The summed E-state index contributed by atoms with van der Waals surface area (Å²) in [7, 11) is 0. The number of nitrogens with one attached hydrogen (secondary N) is 1. The Hall–Kier alpha value is -1.68. The van der Waals surface area contributed by atoms with Gasteiger partial charge < -0.3 is 9.73 Å². The van der Waals surface area contributed by atoms with Crippen LogP contribution >= 0.6 is 0 Å². The summed E-state index contributed by atoms with van der Waals surface area (Å²) in [5.74, 6) is 0.00569. The van der Waals surface area contributed by atoms with Crippen molar-refractivity contribution in [1.82, 2.24) is 5.32 Å². The Labute approximate surface area is 97.6 Å². The Morgan fingerprint density at radius 3 is 3.06 bits per heavy atom. The van der Waals surface area contributed by atoms with Crippen molar-refractivity contribution in [3.63, 3.8) is 0 Å². The third kappa shape index (κ3) is 1.85. The first kappa shape index (κ1) is 10.5. The van der Waals surface area contributed by atoms with Crippen molar-refractivity contribution in [3.8, 4) is 0 Å². The Morgan fingerprint density at radius 1 is 1.41 bits per heavy atom. The van der Waals surface area contributed by atoms with Gasteiger partial charge in [0.2, 0.25) is 5.78 Å². The van der Waals surface area contributed by atoms with Crippen molar-refractivity contribution in [2.24, 2.45) is 5.92 Å². The van der Waals surface area contributed by atoms with Crippen molar-refractivity contribution >= 4 is 16.8 Å². The van der Waals surface area contributed by atoms with Crippen LogP contribution in [0.2, 0.25) is 0 Å². The Kier molecular flexibility index (Phi) is 2.44. The number of Topliss-reactive ketones (excluding diaryl/α,β-unsaturated/α-hetero) is 1. The smallest absolute Gasteiger partial charge is 0.202 e. The summed E-state index contributed by atoms with van der Waals surface area (Å²) in [6.45, 7) is 1.56. The lowest BCUT2D eigenvalue weighted by molar-refractivity contribution is 0.0904. The molecule has 17 heavy (non-hydrogen) atoms. The molecule has 1 aliphatic heterocycles. The third-order valence-corrected chi connectivity index (χ3v) is 3.15. The van der Waals surface area contributed by atoms with Crippen molar-refractivity contribution in [2.45, 2.75) is 6.42 Å². The molecule has 0 aliphatic carbocycles. The first-order valence-corrected chi connectivity index (χ1v) is 5.68. The molecule has 2 heterocycles. The minimum Gasteiger partial charge on any atom is -0.453 e. The molecule has 4 heteroatoms. The highest BCUT2D eigenvalue weighted by Gasteiger charge is 2.26. The molecule has 0 saturated carbocycles. The SMILES string of the molecule is O=C(c1cc2cc(F)ccc2o1)C1CCNC1. The number of furan rings is 1. The van der Waals surface area contributed by atoms with Gasteiger partial charge in [-0.15, -0.1) is 0 Å². The number of hydrogen-bond acceptors (Lipinski definition) is 3. The fraction of sp³-hybridized carbons (Fsp3) is 0.308. The van der Waals surface area contributed by atoms with Crippen LogP contribution in [0.25, 0.3) is 11.0 Å². The quantitative estimate of drug-likeness (QED) is 0.810. The average Bonchev–Trinajstić information content (AvgIpc) is 2.96. The summed E-state index contributed by atoms with van der Waals surface area (Å²) in [4.78, 5) is 12.1. The molecule has 0 radical (unpaired) electrons. The molecule has 3 nitrogen and oxygen atoms in total. The number of fused-ring (bicyclic) bond motifs is 1. The lowest BCUT2D eigenvalue weighted by Gasteiger charge is -2.02. The first-order valence-electron chi connectivity index (χ1n) is 5.68. The Morgan fingerprint density at radius 2 is 2.29 bits per heavy atom. The van der Waals surface area contributed by atoms with Crippen LogP contribution in [0.5, 0.6) is 0 Å². The highest BCUT2D eigenvalue weighted by atomic mass is 19.1. The maximum atomic E-state index is 13.0. The topological polar surface area (TPSA) is 42.2 Å². The number of rotatable bonds is 2. The van der Waals surface area contributed by atoms with Gasteiger partial charge in [0, 0.05) is 17.8 Å². The standard InChI is InChI=1S/C13H12FNO2/c14-10-1-2-11-9(5-10)6-12(17-11)13(16)8-3-4-15-7-8/h1-2,5-6,8,15H,3-4,7H2. The number of carbonyl (C=O) groups excluding carboxylic acids is 1. The second-order valence-electron chi connectivity index (χ2n) is 4.35. The second-order valence-corrected chi connectivity index (χ2v) is 4.35. The van der Waals surface area contributed by atoms with Gasteiger partial charge in [-0.05, 0) is 37.2 Å². The van der Waals surface area contributed by atoms with Crippen LogP contribution in [0.3, 0.4) is 0 Å². The van der Waals surface area contributed by atoms with Gasteiger partial charge in [-0.2, -0.15) is 0 Å². The van der Waals surface area contributed by atoms with Gasteiger partial charge in [-0.3, -0.25) is 4.79 Å². The van der Waals surface area contributed by atoms with Gasteiger partial charge in [0.05, 0.1) is 0 Å². The number of hydrogen-bond donors (Lipinski definition) is 1. The molecule has 1 unspecified atom stereocenters. The Balaban J connectivity index is 1.97. The molecular weight excluding hydrogens is 221 g/mol. The van der Waals surface area contributed by atoms with Crippen molar-refractivity contribution in [2.75, 3.05) is 13.1 Å². The van der Waals surface area contributed by atoms with E-state index < -0.39 is 0 Å². The molecule has 1 saturated heterocycles. The molecule has 1 aliphatic rings. The lowest BCUT2D eigenvalue weighted by Crippen LogP contribution is -2.17. The molecule has 1 atom stereocenters. The van der Waals surface area contributed by atoms with Crippen molar-refractivity contribution in [1.29, 1.82) is 0 Å². The van der Waals surface area contributed by atoms with Crippen LogP contribution in [0.1, 0.15) is 17.0 Å². The van der Waals surface area contributed by atoms with Crippen LogP contribution in [0, 0.1) is 11.7 Å². The van der Waals surface area contributed by atoms with E-state index in [1.54, 1.807) is 12.1 Å². The van der Waals surface area contributed by atoms with E-state index in [1.807, 2.05) is 0 Å². The normalized spacial score (nSPS) is 19.9. The summed E-state index contributed by atoms with van der Waals surface area (Å²) in [6, 6.07) is 5.88. The van der Waals surface area contributed by atoms with Crippen LogP contribution in [0.4, 0.5) is 4.39 Å². The minimum absolute atomic E-state index is 0.00612. The lowest BCUT2D eigenvalue weighted by atomic mass is 10.0. The van der Waals surface area contributed by atoms with E-state index in [1.165, 1.54) is 12.1 Å². The summed E-state index contributed by atoms with van der Waals surface area (Å²) in [5.41, 5.74) is 0.556. The number of ketones is 1. The summed E-state index contributed by atoms with van der Waals surface area (Å²) >= 11 is 0. The maximum Gasteiger partial charge on any atom is 0.202 e. The molecule has 1 fully saturated rings. The van der Waals surface area contributed by atoms with E-state index in [0.29, 0.717) is 23.3 Å². The summed E-state index contributed by atoms with van der Waals surface area (Å²) < 4.78 is 18.5. The number of halogens is 1. The molecule has 1 aromatic carbocycles. The molecular formula is C13H12FNO2. The molecule has 3 rings (SSSR count). The summed E-state index contributed by atoms with van der Waals surface area (Å²) in [5, 5.41) is 3.78. The average molecular weight is 233 g/mol. The monoisotopic (exact) mass is 233 g/mol. The maximum absolute atomic E-state index is 13.0. The van der Waals surface area contributed by atoms with E-state index in [2.05, 4.69) is 5.32 Å². The molecule has 2 aromatic rings. The fourth-order valence-electron chi connectivity index (χ4n) is 2.22. The van der Waals surface area contributed by atoms with Gasteiger partial charge in [-0.25, -0.2) is 4.39 Å². The Bertz CT molecular complexity index is 570. The molecule has 0 spiro atoms. The molecule has 88 valence electrons. The third-order valence-electron chi connectivity index (χ3n) is 3.15. The van der Waals surface area contributed by atoms with Gasteiger partial charge in [0.25, 0.3) is 0 Å². The zero-order valence-electron chi connectivity index (χ0n) is 9.20. The molecule has 0 amide bonds. The van der Waals surface area contributed by atoms with E-state index >= 15 is 0 Å². The minimum atomic E-state index is -0.320. The van der Waals surface area contributed by atoms with Gasteiger partial charge in [0.15, 0.2) is 5.76 Å². The zero-order chi connectivity index (χ0) is 11.8. The van der Waals surface area contributed by atoms with E-state index in [9.17, 15) is 9.18 Å². The zero-order valence-corrected chi connectivity index (χ0v) is 9.20. The largest absolute Gasteiger partial charge is 0.453 e. The van der Waals surface area contributed by atoms with Gasteiger partial charge in [-0.1, -0.05) is 0 Å². The fourth-order valence-corrected chi connectivity index (χ4v) is 2.22. The van der Waals surface area contributed by atoms with Crippen LogP contribution in [0.15, 0.2) is 28.7 Å². The first-order chi connectivity index (χ1) is 8.24. The molecule has 1 N–H and O–H groups in total. The predicted octanol–water partition coefficient (Wildman–Crippen LogP) is 2.36. The van der Waals surface area contributed by atoms with Crippen LogP contribution in [-0.2, 0) is 0 Å². The number of carbonyl (C=O) groups is 1. The highest BCUT2D eigenvalue weighted by molar-refractivity contribution is 5.99. The highest BCUT2D eigenvalue weighted by Crippen LogP contribution is 2.23. The van der Waals surface area contributed by atoms with Crippen LogP contribution < -0.4 is 5.32 Å². The number of benzene rings is 1. The van der Waals surface area contributed by atoms with E-state index in [-0.39, 0.29) is 17.5 Å². The van der Waals surface area contributed by atoms with Crippen molar-refractivity contribution < 1.29 is 13.6 Å². The van der Waals surface area contributed by atoms with E-state index in [0.717, 1.165) is 13.0 Å². The summed E-state index contributed by atoms with van der Waals surface area (Å²) in [6.07, 6.45) is 0.838. The van der Waals surface area contributed by atoms with Crippen LogP contribution in [-0.4, -0.2) is 18.9 Å².